The molecule has 2 aliphatic heterocycles. The number of primary amides is 1. The van der Waals surface area contributed by atoms with Crippen LogP contribution < -0.4 is 11.1 Å². The van der Waals surface area contributed by atoms with Gasteiger partial charge in [0.05, 0.1) is 0 Å². The first-order valence-corrected chi connectivity index (χ1v) is 6.05. The summed E-state index contributed by atoms with van der Waals surface area (Å²) in [6.07, 6.45) is 0.816. The van der Waals surface area contributed by atoms with Gasteiger partial charge >= 0.3 is 0 Å². The van der Waals surface area contributed by atoms with Crippen LogP contribution in [0.2, 0.25) is 0 Å². The Balaban J connectivity index is 1.90. The molecule has 3 rings (SSSR count). The number of carbonyl (C=O) groups excluding carboxylic acids is 1. The van der Waals surface area contributed by atoms with Gasteiger partial charge in [-0.05, 0) is 24.1 Å². The smallest absolute Gasteiger partial charge is 0.239 e. The van der Waals surface area contributed by atoms with E-state index in [1.807, 2.05) is 12.1 Å². The Hall–Kier alpha value is -1.39. The van der Waals surface area contributed by atoms with Crippen LogP contribution in [-0.2, 0) is 17.9 Å². The zero-order valence-corrected chi connectivity index (χ0v) is 9.78. The van der Waals surface area contributed by atoms with Gasteiger partial charge in [-0.25, -0.2) is 0 Å². The molecule has 1 amide bonds. The van der Waals surface area contributed by atoms with Crippen molar-refractivity contribution in [3.8, 4) is 0 Å². The van der Waals surface area contributed by atoms with Gasteiger partial charge in [-0.15, -0.1) is 0 Å². The minimum atomic E-state index is -0.487. The Morgan fingerprint density at radius 1 is 1.29 bits per heavy atom. The third-order valence-corrected chi connectivity index (χ3v) is 4.04. The molecule has 0 bridgehead atoms. The Kier molecular flexibility index (Phi) is 2.42. The fraction of sp³-hybridized carbons (Fsp3) is 0.462. The largest absolute Gasteiger partial charge is 0.368 e. The Bertz CT molecular complexity index is 427. The predicted molar refractivity (Wildman–Crippen MR) is 65.1 cm³/mol. The highest BCUT2D eigenvalue weighted by molar-refractivity contribution is 5.85. The number of nitrogens with zero attached hydrogens (tertiary/aromatic N) is 1. The second-order valence-corrected chi connectivity index (χ2v) is 4.95. The summed E-state index contributed by atoms with van der Waals surface area (Å²) in [7, 11) is 0. The minimum Gasteiger partial charge on any atom is -0.368 e. The average Bonchev–Trinajstić information content (AvgIpc) is 2.96. The third kappa shape index (κ3) is 1.56. The molecule has 1 atom stereocenters. The van der Waals surface area contributed by atoms with Crippen LogP contribution in [0.25, 0.3) is 0 Å². The van der Waals surface area contributed by atoms with Crippen LogP contribution >= 0.6 is 0 Å². The molecule has 17 heavy (non-hydrogen) atoms. The van der Waals surface area contributed by atoms with Crippen LogP contribution in [0.5, 0.6) is 0 Å². The summed E-state index contributed by atoms with van der Waals surface area (Å²) >= 11 is 0. The van der Waals surface area contributed by atoms with Gasteiger partial charge in [-0.2, -0.15) is 0 Å². The maximum Gasteiger partial charge on any atom is 0.239 e. The fourth-order valence-corrected chi connectivity index (χ4v) is 2.95. The number of hydrogen-bond donors (Lipinski definition) is 2. The maximum atomic E-state index is 11.8. The molecule has 3 N–H and O–H groups in total. The number of carbonyl (C=O) groups is 1. The molecular formula is C13H17N3O. The maximum absolute atomic E-state index is 11.8. The second-order valence-electron chi connectivity index (χ2n) is 4.95. The van der Waals surface area contributed by atoms with Crippen molar-refractivity contribution in [1.29, 1.82) is 0 Å². The number of amides is 1. The molecule has 4 nitrogen and oxygen atoms in total. The third-order valence-electron chi connectivity index (χ3n) is 4.04. The lowest BCUT2D eigenvalue weighted by Crippen LogP contribution is -2.57. The number of nitrogens with two attached hydrogens (primary N) is 1. The lowest BCUT2D eigenvalue weighted by atomic mass is 9.95. The highest BCUT2D eigenvalue weighted by atomic mass is 16.1. The Morgan fingerprint density at radius 3 is 2.41 bits per heavy atom. The van der Waals surface area contributed by atoms with Crippen molar-refractivity contribution in [2.24, 2.45) is 5.73 Å². The Morgan fingerprint density at radius 2 is 1.94 bits per heavy atom. The summed E-state index contributed by atoms with van der Waals surface area (Å²) in [6, 6.07) is 8.36. The topological polar surface area (TPSA) is 58.4 Å². The van der Waals surface area contributed by atoms with Crippen molar-refractivity contribution in [3.05, 3.63) is 35.4 Å². The predicted octanol–water partition coefficient (Wildman–Crippen LogP) is 0.220. The molecule has 0 saturated carbocycles. The molecule has 2 aliphatic rings. The quantitative estimate of drug-likeness (QED) is 0.765. The van der Waals surface area contributed by atoms with Gasteiger partial charge in [0.2, 0.25) is 5.91 Å². The fourth-order valence-electron chi connectivity index (χ4n) is 2.95. The molecule has 0 aliphatic carbocycles. The average molecular weight is 231 g/mol. The van der Waals surface area contributed by atoms with E-state index < -0.39 is 5.54 Å². The van der Waals surface area contributed by atoms with E-state index in [9.17, 15) is 4.79 Å². The summed E-state index contributed by atoms with van der Waals surface area (Å²) in [5.74, 6) is -0.199. The molecule has 1 aromatic carbocycles. The lowest BCUT2D eigenvalue weighted by molar-refractivity contribution is -0.129. The normalized spacial score (nSPS) is 28.2. The summed E-state index contributed by atoms with van der Waals surface area (Å²) in [5.41, 5.74) is 7.78. The van der Waals surface area contributed by atoms with Gasteiger partial charge in [0, 0.05) is 19.6 Å². The van der Waals surface area contributed by atoms with Crippen molar-refractivity contribution in [3.63, 3.8) is 0 Å². The van der Waals surface area contributed by atoms with Crippen molar-refractivity contribution in [1.82, 2.24) is 10.2 Å². The van der Waals surface area contributed by atoms with E-state index in [4.69, 9.17) is 5.73 Å². The second kappa shape index (κ2) is 3.82. The van der Waals surface area contributed by atoms with Gasteiger partial charge in [0.25, 0.3) is 0 Å². The van der Waals surface area contributed by atoms with Crippen LogP contribution in [-0.4, -0.2) is 29.4 Å². The SMILES string of the molecule is NC(=O)C1(N2Cc3ccccc3C2)CCNC1. The van der Waals surface area contributed by atoms with E-state index in [1.165, 1.54) is 11.1 Å². The molecule has 4 heteroatoms. The highest BCUT2D eigenvalue weighted by Gasteiger charge is 2.46. The van der Waals surface area contributed by atoms with Crippen LogP contribution in [0.15, 0.2) is 24.3 Å². The summed E-state index contributed by atoms with van der Waals surface area (Å²) in [5, 5.41) is 3.26. The van der Waals surface area contributed by atoms with Gasteiger partial charge in [0.15, 0.2) is 0 Å². The van der Waals surface area contributed by atoms with E-state index in [0.717, 1.165) is 26.1 Å². The zero-order valence-electron chi connectivity index (χ0n) is 9.78. The number of nitrogens with one attached hydrogen (secondary N) is 1. The van der Waals surface area contributed by atoms with E-state index in [1.54, 1.807) is 0 Å². The van der Waals surface area contributed by atoms with Crippen LogP contribution in [0, 0.1) is 0 Å². The zero-order chi connectivity index (χ0) is 11.9. The van der Waals surface area contributed by atoms with Gasteiger partial charge < -0.3 is 11.1 Å². The summed E-state index contributed by atoms with van der Waals surface area (Å²) in [6.45, 7) is 3.22. The minimum absolute atomic E-state index is 0.199. The van der Waals surface area contributed by atoms with E-state index >= 15 is 0 Å². The summed E-state index contributed by atoms with van der Waals surface area (Å²) < 4.78 is 0. The molecule has 1 fully saturated rings. The van der Waals surface area contributed by atoms with Gasteiger partial charge in [0.1, 0.15) is 5.54 Å². The molecule has 0 radical (unpaired) electrons. The van der Waals surface area contributed by atoms with E-state index in [2.05, 4.69) is 22.3 Å². The van der Waals surface area contributed by atoms with Crippen molar-refractivity contribution in [2.75, 3.05) is 13.1 Å². The molecule has 1 saturated heterocycles. The van der Waals surface area contributed by atoms with Crippen molar-refractivity contribution in [2.45, 2.75) is 25.0 Å². The molecular weight excluding hydrogens is 214 g/mol. The molecule has 0 aromatic heterocycles. The van der Waals surface area contributed by atoms with E-state index in [0.29, 0.717) is 6.54 Å². The van der Waals surface area contributed by atoms with Gasteiger partial charge in [-0.1, -0.05) is 24.3 Å². The van der Waals surface area contributed by atoms with Gasteiger partial charge in [-0.3, -0.25) is 9.69 Å². The Labute approximate surface area is 101 Å². The van der Waals surface area contributed by atoms with Crippen LogP contribution in [0.3, 0.4) is 0 Å². The molecule has 1 unspecified atom stereocenters. The molecule has 2 heterocycles. The monoisotopic (exact) mass is 231 g/mol. The number of benzene rings is 1. The van der Waals surface area contributed by atoms with Crippen molar-refractivity contribution < 1.29 is 4.79 Å². The summed E-state index contributed by atoms with van der Waals surface area (Å²) in [4.78, 5) is 14.0. The number of fused-ring (bicyclic) bond motifs is 1. The molecule has 90 valence electrons. The highest BCUT2D eigenvalue weighted by Crippen LogP contribution is 2.32. The van der Waals surface area contributed by atoms with Crippen LogP contribution in [0.4, 0.5) is 0 Å². The number of hydrogen-bond acceptors (Lipinski definition) is 3. The first-order valence-electron chi connectivity index (χ1n) is 6.05. The van der Waals surface area contributed by atoms with Crippen LogP contribution in [0.1, 0.15) is 17.5 Å². The first-order chi connectivity index (χ1) is 8.22. The lowest BCUT2D eigenvalue weighted by Gasteiger charge is -2.34. The van der Waals surface area contributed by atoms with E-state index in [-0.39, 0.29) is 5.91 Å². The number of rotatable bonds is 2. The first kappa shape index (κ1) is 10.7. The molecule has 0 spiro atoms. The van der Waals surface area contributed by atoms with Crippen molar-refractivity contribution >= 4 is 5.91 Å². The molecule has 1 aromatic rings. The standard InChI is InChI=1S/C13H17N3O/c14-12(17)13(5-6-15-9-13)16-7-10-3-1-2-4-11(10)8-16/h1-4,15H,5-9H2,(H2,14,17).